The molecule has 2 heterocycles. The summed E-state index contributed by atoms with van der Waals surface area (Å²) in [6.07, 6.45) is 3.90. The van der Waals surface area contributed by atoms with Crippen molar-refractivity contribution in [2.45, 2.75) is 26.9 Å². The molecule has 3 nitrogen and oxygen atoms in total. The first-order chi connectivity index (χ1) is 6.68. The Kier molecular flexibility index (Phi) is 2.15. The number of aromatic nitrogens is 2. The molecule has 0 aliphatic rings. The van der Waals surface area contributed by atoms with Gasteiger partial charge in [-0.2, -0.15) is 0 Å². The van der Waals surface area contributed by atoms with Gasteiger partial charge in [0.05, 0.1) is 6.10 Å². The Hall–Kier alpha value is -1.51. The number of fused-ring (bicyclic) bond motifs is 1. The Bertz CT molecular complexity index is 445. The zero-order chi connectivity index (χ0) is 10.1. The largest absolute Gasteiger partial charge is 0.473 e. The predicted molar refractivity (Wildman–Crippen MR) is 56.6 cm³/mol. The highest BCUT2D eigenvalue weighted by molar-refractivity contribution is 5.86. The normalized spacial score (nSPS) is 11.1. The van der Waals surface area contributed by atoms with E-state index in [2.05, 4.69) is 16.9 Å². The molecule has 0 aliphatic heterocycles. The highest BCUT2D eigenvalue weighted by Crippen LogP contribution is 2.24. The van der Waals surface area contributed by atoms with Crippen LogP contribution in [-0.2, 0) is 0 Å². The van der Waals surface area contributed by atoms with Crippen LogP contribution in [0.25, 0.3) is 10.9 Å². The third-order valence-corrected chi connectivity index (χ3v) is 2.12. The lowest BCUT2D eigenvalue weighted by Gasteiger charge is -2.08. The van der Waals surface area contributed by atoms with Crippen molar-refractivity contribution in [2.24, 2.45) is 0 Å². The van der Waals surface area contributed by atoms with Gasteiger partial charge in [0.2, 0.25) is 5.88 Å². The van der Waals surface area contributed by atoms with Gasteiger partial charge in [0.25, 0.3) is 0 Å². The van der Waals surface area contributed by atoms with E-state index in [1.54, 1.807) is 6.20 Å². The molecule has 0 spiro atoms. The van der Waals surface area contributed by atoms with Crippen LogP contribution in [0.1, 0.15) is 19.4 Å². The SMILES string of the molecule is Cc1c[nH]c2c(OC(C)C)nccc12. The van der Waals surface area contributed by atoms with E-state index in [0.717, 1.165) is 5.52 Å². The summed E-state index contributed by atoms with van der Waals surface area (Å²) in [6, 6.07) is 1.99. The summed E-state index contributed by atoms with van der Waals surface area (Å²) in [7, 11) is 0. The smallest absolute Gasteiger partial charge is 0.238 e. The van der Waals surface area contributed by atoms with Crippen molar-refractivity contribution in [3.8, 4) is 5.88 Å². The third kappa shape index (κ3) is 1.45. The van der Waals surface area contributed by atoms with Crippen LogP contribution in [0, 0.1) is 6.92 Å². The van der Waals surface area contributed by atoms with Crippen molar-refractivity contribution in [3.63, 3.8) is 0 Å². The second-order valence-corrected chi connectivity index (χ2v) is 3.68. The van der Waals surface area contributed by atoms with Crippen molar-refractivity contribution in [1.29, 1.82) is 0 Å². The van der Waals surface area contributed by atoms with Crippen molar-refractivity contribution in [1.82, 2.24) is 9.97 Å². The summed E-state index contributed by atoms with van der Waals surface area (Å²) in [5.74, 6) is 0.686. The van der Waals surface area contributed by atoms with Crippen molar-refractivity contribution < 1.29 is 4.74 Å². The molecule has 0 saturated heterocycles. The van der Waals surface area contributed by atoms with Crippen LogP contribution in [-0.4, -0.2) is 16.1 Å². The number of hydrogen-bond acceptors (Lipinski definition) is 2. The van der Waals surface area contributed by atoms with Gasteiger partial charge in [-0.05, 0) is 32.4 Å². The van der Waals surface area contributed by atoms with E-state index < -0.39 is 0 Å². The van der Waals surface area contributed by atoms with E-state index in [4.69, 9.17) is 4.74 Å². The van der Waals surface area contributed by atoms with Gasteiger partial charge in [0.15, 0.2) is 0 Å². The van der Waals surface area contributed by atoms with E-state index in [0.29, 0.717) is 5.88 Å². The minimum Gasteiger partial charge on any atom is -0.473 e. The average Bonchev–Trinajstić information content (AvgIpc) is 2.49. The van der Waals surface area contributed by atoms with Crippen molar-refractivity contribution in [3.05, 3.63) is 24.0 Å². The zero-order valence-electron chi connectivity index (χ0n) is 8.66. The van der Waals surface area contributed by atoms with E-state index in [9.17, 15) is 0 Å². The number of nitrogens with zero attached hydrogens (tertiary/aromatic N) is 1. The Morgan fingerprint density at radius 1 is 1.43 bits per heavy atom. The molecule has 74 valence electrons. The second-order valence-electron chi connectivity index (χ2n) is 3.68. The molecule has 1 N–H and O–H groups in total. The highest BCUT2D eigenvalue weighted by Gasteiger charge is 2.07. The number of nitrogens with one attached hydrogen (secondary N) is 1. The first-order valence-electron chi connectivity index (χ1n) is 4.78. The van der Waals surface area contributed by atoms with Gasteiger partial charge in [0.1, 0.15) is 5.52 Å². The van der Waals surface area contributed by atoms with Crippen LogP contribution in [0.5, 0.6) is 5.88 Å². The molecule has 0 aromatic carbocycles. The number of rotatable bonds is 2. The van der Waals surface area contributed by atoms with Gasteiger partial charge in [-0.25, -0.2) is 4.98 Å². The van der Waals surface area contributed by atoms with Gasteiger partial charge >= 0.3 is 0 Å². The van der Waals surface area contributed by atoms with Crippen LogP contribution < -0.4 is 4.74 Å². The summed E-state index contributed by atoms with van der Waals surface area (Å²) in [6.45, 7) is 6.06. The molecule has 0 unspecified atom stereocenters. The summed E-state index contributed by atoms with van der Waals surface area (Å²) < 4.78 is 5.60. The number of aryl methyl sites for hydroxylation is 1. The maximum Gasteiger partial charge on any atom is 0.238 e. The van der Waals surface area contributed by atoms with Gasteiger partial charge in [0, 0.05) is 17.8 Å². The highest BCUT2D eigenvalue weighted by atomic mass is 16.5. The van der Waals surface area contributed by atoms with Gasteiger partial charge in [-0.1, -0.05) is 0 Å². The molecule has 14 heavy (non-hydrogen) atoms. The lowest BCUT2D eigenvalue weighted by atomic mass is 10.2. The first-order valence-corrected chi connectivity index (χ1v) is 4.78. The molecular formula is C11H14N2O. The minimum absolute atomic E-state index is 0.150. The Morgan fingerprint density at radius 3 is 2.93 bits per heavy atom. The number of H-pyrrole nitrogens is 1. The number of pyridine rings is 1. The fourth-order valence-corrected chi connectivity index (χ4v) is 1.48. The van der Waals surface area contributed by atoms with E-state index in [1.807, 2.05) is 26.1 Å². The van der Waals surface area contributed by atoms with Crippen LogP contribution in [0.2, 0.25) is 0 Å². The van der Waals surface area contributed by atoms with E-state index in [-0.39, 0.29) is 6.10 Å². The quantitative estimate of drug-likeness (QED) is 0.790. The molecule has 0 bridgehead atoms. The fourth-order valence-electron chi connectivity index (χ4n) is 1.48. The molecule has 0 amide bonds. The average molecular weight is 190 g/mol. The number of hydrogen-bond donors (Lipinski definition) is 1. The Balaban J connectivity index is 2.54. The molecule has 0 aliphatic carbocycles. The van der Waals surface area contributed by atoms with Gasteiger partial charge < -0.3 is 9.72 Å². The molecule has 0 saturated carbocycles. The number of aromatic amines is 1. The molecule has 2 aromatic rings. The molecule has 2 aromatic heterocycles. The van der Waals surface area contributed by atoms with E-state index >= 15 is 0 Å². The standard InChI is InChI=1S/C11H14N2O/c1-7(2)14-11-10-9(4-5-12-11)8(3)6-13-10/h4-7,13H,1-3H3. The summed E-state index contributed by atoms with van der Waals surface area (Å²) in [4.78, 5) is 7.38. The maximum atomic E-state index is 5.60. The van der Waals surface area contributed by atoms with Crippen LogP contribution in [0.3, 0.4) is 0 Å². The Labute approximate surface area is 83.1 Å². The third-order valence-electron chi connectivity index (χ3n) is 2.12. The lowest BCUT2D eigenvalue weighted by molar-refractivity contribution is 0.235. The molecule has 2 rings (SSSR count). The summed E-state index contributed by atoms with van der Waals surface area (Å²) in [5, 5.41) is 1.18. The molecule has 0 atom stereocenters. The zero-order valence-corrected chi connectivity index (χ0v) is 8.66. The van der Waals surface area contributed by atoms with Crippen molar-refractivity contribution in [2.75, 3.05) is 0 Å². The van der Waals surface area contributed by atoms with Crippen LogP contribution in [0.15, 0.2) is 18.5 Å². The molecule has 3 heteroatoms. The summed E-state index contributed by atoms with van der Waals surface area (Å²) >= 11 is 0. The van der Waals surface area contributed by atoms with E-state index in [1.165, 1.54) is 10.9 Å². The van der Waals surface area contributed by atoms with Crippen LogP contribution in [0.4, 0.5) is 0 Å². The van der Waals surface area contributed by atoms with Gasteiger partial charge in [-0.15, -0.1) is 0 Å². The monoisotopic (exact) mass is 190 g/mol. The first kappa shape index (κ1) is 9.06. The molecule has 0 fully saturated rings. The topological polar surface area (TPSA) is 37.9 Å². The minimum atomic E-state index is 0.150. The summed E-state index contributed by atoms with van der Waals surface area (Å²) in [5.41, 5.74) is 2.20. The lowest BCUT2D eigenvalue weighted by Crippen LogP contribution is -2.07. The predicted octanol–water partition coefficient (Wildman–Crippen LogP) is 2.66. The molecular weight excluding hydrogens is 176 g/mol. The van der Waals surface area contributed by atoms with Crippen molar-refractivity contribution >= 4 is 10.9 Å². The fraction of sp³-hybridized carbons (Fsp3) is 0.364. The van der Waals surface area contributed by atoms with Crippen LogP contribution >= 0.6 is 0 Å². The maximum absolute atomic E-state index is 5.60. The number of ether oxygens (including phenoxy) is 1. The Morgan fingerprint density at radius 2 is 2.21 bits per heavy atom. The van der Waals surface area contributed by atoms with Gasteiger partial charge in [-0.3, -0.25) is 0 Å². The second kappa shape index (κ2) is 3.33. The molecule has 0 radical (unpaired) electrons.